The lowest BCUT2D eigenvalue weighted by molar-refractivity contribution is 0.611. The number of nitrogens with zero attached hydrogens (tertiary/aromatic N) is 2. The van der Waals surface area contributed by atoms with E-state index in [1.165, 1.54) is 0 Å². The van der Waals surface area contributed by atoms with Crippen LogP contribution in [-0.4, -0.2) is 9.97 Å². The van der Waals surface area contributed by atoms with Crippen LogP contribution in [0.3, 0.4) is 0 Å². The molecule has 0 fully saturated rings. The Labute approximate surface area is 138 Å². The first-order valence-electron chi connectivity index (χ1n) is 7.67. The predicted molar refractivity (Wildman–Crippen MR) is 92.8 cm³/mol. The van der Waals surface area contributed by atoms with Gasteiger partial charge < -0.3 is 4.42 Å². The van der Waals surface area contributed by atoms with Crippen molar-refractivity contribution in [3.8, 4) is 11.3 Å². The molecule has 1 aromatic carbocycles. The lowest BCUT2D eigenvalue weighted by Gasteiger charge is -2.10. The van der Waals surface area contributed by atoms with E-state index in [0.29, 0.717) is 28.7 Å². The Morgan fingerprint density at radius 1 is 0.875 bits per heavy atom. The smallest absolute Gasteiger partial charge is 0.196 e. The number of aromatic nitrogens is 2. The molecule has 0 aliphatic rings. The van der Waals surface area contributed by atoms with Crippen molar-refractivity contribution in [1.29, 1.82) is 0 Å². The SMILES string of the molecule is O=c1c(Cc2cccnc2)c(-c2cccnc2)oc2ccccc12. The van der Waals surface area contributed by atoms with Crippen LogP contribution < -0.4 is 5.43 Å². The van der Waals surface area contributed by atoms with E-state index in [2.05, 4.69) is 9.97 Å². The van der Waals surface area contributed by atoms with Gasteiger partial charge in [0.25, 0.3) is 0 Å². The lowest BCUT2D eigenvalue weighted by atomic mass is 10.00. The molecule has 4 rings (SSSR count). The van der Waals surface area contributed by atoms with Gasteiger partial charge in [0, 0.05) is 42.3 Å². The molecule has 0 saturated carbocycles. The molecular weight excluding hydrogens is 300 g/mol. The minimum Gasteiger partial charge on any atom is -0.455 e. The molecule has 0 atom stereocenters. The fraction of sp³-hybridized carbons (Fsp3) is 0.0500. The quantitative estimate of drug-likeness (QED) is 0.576. The zero-order chi connectivity index (χ0) is 16.4. The fourth-order valence-electron chi connectivity index (χ4n) is 2.78. The molecular formula is C20H14N2O2. The summed E-state index contributed by atoms with van der Waals surface area (Å²) < 4.78 is 6.07. The number of pyridine rings is 2. The van der Waals surface area contributed by atoms with Gasteiger partial charge in [-0.15, -0.1) is 0 Å². The van der Waals surface area contributed by atoms with Crippen LogP contribution in [0.15, 0.2) is 82.5 Å². The van der Waals surface area contributed by atoms with Gasteiger partial charge in [-0.1, -0.05) is 18.2 Å². The third-order valence-corrected chi connectivity index (χ3v) is 3.92. The van der Waals surface area contributed by atoms with Crippen molar-refractivity contribution >= 4 is 11.0 Å². The van der Waals surface area contributed by atoms with Gasteiger partial charge in [-0.05, 0) is 35.9 Å². The van der Waals surface area contributed by atoms with E-state index in [4.69, 9.17) is 4.42 Å². The van der Waals surface area contributed by atoms with E-state index < -0.39 is 0 Å². The number of rotatable bonds is 3. The van der Waals surface area contributed by atoms with Crippen molar-refractivity contribution in [2.45, 2.75) is 6.42 Å². The highest BCUT2D eigenvalue weighted by Crippen LogP contribution is 2.26. The van der Waals surface area contributed by atoms with Crippen molar-refractivity contribution in [2.75, 3.05) is 0 Å². The summed E-state index contributed by atoms with van der Waals surface area (Å²) in [6.45, 7) is 0. The van der Waals surface area contributed by atoms with Gasteiger partial charge in [0.1, 0.15) is 11.3 Å². The van der Waals surface area contributed by atoms with Crippen LogP contribution in [0.5, 0.6) is 0 Å². The zero-order valence-corrected chi connectivity index (χ0v) is 12.8. The lowest BCUT2D eigenvalue weighted by Crippen LogP contribution is -2.12. The number of hydrogen-bond acceptors (Lipinski definition) is 4. The van der Waals surface area contributed by atoms with Gasteiger partial charge >= 0.3 is 0 Å². The summed E-state index contributed by atoms with van der Waals surface area (Å²) >= 11 is 0. The molecule has 0 amide bonds. The first-order valence-corrected chi connectivity index (χ1v) is 7.67. The van der Waals surface area contributed by atoms with Crippen molar-refractivity contribution in [3.63, 3.8) is 0 Å². The van der Waals surface area contributed by atoms with Crippen LogP contribution in [0, 0.1) is 0 Å². The van der Waals surface area contributed by atoms with Crippen molar-refractivity contribution in [2.24, 2.45) is 0 Å². The van der Waals surface area contributed by atoms with Crippen molar-refractivity contribution in [1.82, 2.24) is 9.97 Å². The van der Waals surface area contributed by atoms with Gasteiger partial charge in [0.15, 0.2) is 5.43 Å². The van der Waals surface area contributed by atoms with E-state index in [1.807, 2.05) is 42.5 Å². The maximum absolute atomic E-state index is 13.0. The van der Waals surface area contributed by atoms with Crippen molar-refractivity contribution in [3.05, 3.63) is 94.7 Å². The number of fused-ring (bicyclic) bond motifs is 1. The molecule has 3 aromatic heterocycles. The van der Waals surface area contributed by atoms with Crippen LogP contribution >= 0.6 is 0 Å². The van der Waals surface area contributed by atoms with Crippen LogP contribution in [0.25, 0.3) is 22.3 Å². The molecule has 0 aliphatic carbocycles. The largest absolute Gasteiger partial charge is 0.455 e. The summed E-state index contributed by atoms with van der Waals surface area (Å²) in [5.74, 6) is 0.565. The highest BCUT2D eigenvalue weighted by atomic mass is 16.3. The van der Waals surface area contributed by atoms with Crippen LogP contribution in [0.2, 0.25) is 0 Å². The Morgan fingerprint density at radius 3 is 2.42 bits per heavy atom. The minimum absolute atomic E-state index is 0.0143. The molecule has 4 heteroatoms. The van der Waals surface area contributed by atoms with Gasteiger partial charge in [0.2, 0.25) is 0 Å². The molecule has 0 radical (unpaired) electrons. The standard InChI is InChI=1S/C20H14N2O2/c23-19-16-7-1-2-8-18(16)24-20(15-6-4-10-22-13-15)17(19)11-14-5-3-9-21-12-14/h1-10,12-13H,11H2. The van der Waals surface area contributed by atoms with Crippen LogP contribution in [0.1, 0.15) is 11.1 Å². The highest BCUT2D eigenvalue weighted by Gasteiger charge is 2.16. The molecule has 3 heterocycles. The summed E-state index contributed by atoms with van der Waals surface area (Å²) in [6, 6.07) is 14.9. The zero-order valence-electron chi connectivity index (χ0n) is 12.8. The van der Waals surface area contributed by atoms with Crippen molar-refractivity contribution < 1.29 is 4.42 Å². The second-order valence-electron chi connectivity index (χ2n) is 5.51. The van der Waals surface area contributed by atoms with E-state index in [1.54, 1.807) is 30.9 Å². The Balaban J connectivity index is 1.98. The second kappa shape index (κ2) is 6.08. The minimum atomic E-state index is -0.0143. The maximum Gasteiger partial charge on any atom is 0.196 e. The summed E-state index contributed by atoms with van der Waals surface area (Å²) in [5, 5.41) is 0.587. The molecule has 24 heavy (non-hydrogen) atoms. The summed E-state index contributed by atoms with van der Waals surface area (Å²) in [6.07, 6.45) is 7.35. The maximum atomic E-state index is 13.0. The predicted octanol–water partition coefficient (Wildman–Crippen LogP) is 3.84. The number of para-hydroxylation sites is 1. The van der Waals surface area contributed by atoms with Gasteiger partial charge in [-0.3, -0.25) is 14.8 Å². The van der Waals surface area contributed by atoms with Crippen LogP contribution in [0.4, 0.5) is 0 Å². The summed E-state index contributed by atoms with van der Waals surface area (Å²) in [7, 11) is 0. The highest BCUT2D eigenvalue weighted by molar-refractivity contribution is 5.80. The number of benzene rings is 1. The molecule has 0 unspecified atom stereocenters. The van der Waals surface area contributed by atoms with E-state index in [9.17, 15) is 4.79 Å². The summed E-state index contributed by atoms with van der Waals surface area (Å²) in [4.78, 5) is 21.3. The Morgan fingerprint density at radius 2 is 1.67 bits per heavy atom. The average Bonchev–Trinajstić information content (AvgIpc) is 2.65. The molecule has 0 spiro atoms. The van der Waals surface area contributed by atoms with E-state index in [0.717, 1.165) is 11.1 Å². The first-order chi connectivity index (χ1) is 11.8. The third-order valence-electron chi connectivity index (χ3n) is 3.92. The number of hydrogen-bond donors (Lipinski definition) is 0. The molecule has 0 N–H and O–H groups in total. The normalized spacial score (nSPS) is 10.8. The van der Waals surface area contributed by atoms with E-state index >= 15 is 0 Å². The van der Waals surface area contributed by atoms with E-state index in [-0.39, 0.29) is 5.43 Å². The molecule has 4 nitrogen and oxygen atoms in total. The molecule has 0 bridgehead atoms. The average molecular weight is 314 g/mol. The van der Waals surface area contributed by atoms with Crippen LogP contribution in [-0.2, 0) is 6.42 Å². The summed E-state index contributed by atoms with van der Waals surface area (Å²) in [5.41, 5.74) is 2.94. The molecule has 0 aliphatic heterocycles. The molecule has 116 valence electrons. The van der Waals surface area contributed by atoms with Gasteiger partial charge in [-0.2, -0.15) is 0 Å². The molecule has 4 aromatic rings. The Hall–Kier alpha value is -3.27. The Bertz CT molecular complexity index is 1040. The Kier molecular flexibility index (Phi) is 3.63. The topological polar surface area (TPSA) is 56.0 Å². The third kappa shape index (κ3) is 2.58. The van der Waals surface area contributed by atoms with Gasteiger partial charge in [-0.25, -0.2) is 0 Å². The molecule has 0 saturated heterocycles. The fourth-order valence-corrected chi connectivity index (χ4v) is 2.78. The van der Waals surface area contributed by atoms with Gasteiger partial charge in [0.05, 0.1) is 5.39 Å². The first kappa shape index (κ1) is 14.3. The monoisotopic (exact) mass is 314 g/mol. The second-order valence-corrected chi connectivity index (χ2v) is 5.51.